The van der Waals surface area contributed by atoms with E-state index in [1.165, 1.54) is 16.3 Å². The predicted octanol–water partition coefficient (Wildman–Crippen LogP) is 5.04. The van der Waals surface area contributed by atoms with Crippen molar-refractivity contribution in [1.29, 1.82) is 0 Å². The Kier molecular flexibility index (Phi) is 7.13. The van der Waals surface area contributed by atoms with Crippen molar-refractivity contribution in [2.24, 2.45) is 0 Å². The minimum absolute atomic E-state index is 0.811. The number of aryl methyl sites for hydroxylation is 2. The predicted molar refractivity (Wildman–Crippen MR) is 105 cm³/mol. The summed E-state index contributed by atoms with van der Waals surface area (Å²) in [4.78, 5) is 1.23. The molecule has 3 nitrogen and oxygen atoms in total. The molecule has 2 aromatic rings. The summed E-state index contributed by atoms with van der Waals surface area (Å²) < 4.78 is 2.03. The molecule has 0 saturated carbocycles. The van der Waals surface area contributed by atoms with Crippen molar-refractivity contribution in [3.63, 3.8) is 0 Å². The Balaban J connectivity index is 2.14. The molecule has 0 atom stereocenters. The molecule has 0 unspecified atom stereocenters. The van der Waals surface area contributed by atoms with E-state index in [4.69, 9.17) is 0 Å². The lowest BCUT2D eigenvalue weighted by atomic mass is 10.2. The highest BCUT2D eigenvalue weighted by Gasteiger charge is 2.14. The van der Waals surface area contributed by atoms with E-state index in [2.05, 4.69) is 72.6 Å². The second-order valence-corrected chi connectivity index (χ2v) is 12.7. The maximum absolute atomic E-state index is 4.43. The summed E-state index contributed by atoms with van der Waals surface area (Å²) in [5.41, 5.74) is 4.54. The van der Waals surface area contributed by atoms with Gasteiger partial charge in [0.15, 0.2) is 0 Å². The van der Waals surface area contributed by atoms with Gasteiger partial charge >= 0.3 is 0 Å². The van der Waals surface area contributed by atoms with Crippen LogP contribution in [-0.2, 0) is 13.0 Å². The van der Waals surface area contributed by atoms with Gasteiger partial charge in [-0.1, -0.05) is 68.2 Å². The molecule has 0 fully saturated rings. The summed E-state index contributed by atoms with van der Waals surface area (Å²) in [5, 5.41) is 9.99. The number of rotatable bonds is 7. The number of aromatic nitrogens is 3. The maximum Gasteiger partial charge on any atom is 0.129 e. The van der Waals surface area contributed by atoms with E-state index < -0.39 is 8.07 Å². The van der Waals surface area contributed by atoms with Crippen LogP contribution in [-0.4, -0.2) is 23.1 Å². The fourth-order valence-corrected chi connectivity index (χ4v) is 3.85. The lowest BCUT2D eigenvalue weighted by molar-refractivity contribution is 0.560. The summed E-state index contributed by atoms with van der Waals surface area (Å²) >= 11 is 1.76. The second-order valence-electron chi connectivity index (χ2n) is 6.88. The lowest BCUT2D eigenvalue weighted by Crippen LogP contribution is -2.16. The van der Waals surface area contributed by atoms with Crippen LogP contribution in [0.3, 0.4) is 0 Å². The van der Waals surface area contributed by atoms with Crippen LogP contribution >= 0.6 is 11.8 Å². The van der Waals surface area contributed by atoms with Gasteiger partial charge in [-0.15, -0.1) is 16.6 Å². The van der Waals surface area contributed by atoms with Crippen molar-refractivity contribution < 1.29 is 0 Å². The molecule has 0 aliphatic heterocycles. The highest BCUT2D eigenvalue weighted by Crippen LogP contribution is 2.30. The molecule has 0 bridgehead atoms. The van der Waals surface area contributed by atoms with E-state index in [0.717, 1.165) is 31.5 Å². The van der Waals surface area contributed by atoms with Crippen molar-refractivity contribution in [1.82, 2.24) is 15.0 Å². The molecule has 0 aliphatic rings. The first-order valence-electron chi connectivity index (χ1n) is 8.65. The Morgan fingerprint density at radius 3 is 2.58 bits per heavy atom. The van der Waals surface area contributed by atoms with Gasteiger partial charge in [-0.25, -0.2) is 4.68 Å². The average molecular weight is 358 g/mol. The molecule has 0 radical (unpaired) electrons. The summed E-state index contributed by atoms with van der Waals surface area (Å²) in [7, 11) is -1.29. The molecule has 1 heterocycles. The molecular weight excluding hydrogens is 330 g/mol. The summed E-state index contributed by atoms with van der Waals surface area (Å²) in [6.07, 6.45) is 4.15. The van der Waals surface area contributed by atoms with Crippen LogP contribution in [0, 0.1) is 11.5 Å². The topological polar surface area (TPSA) is 30.7 Å². The smallest absolute Gasteiger partial charge is 0.129 e. The van der Waals surface area contributed by atoms with Crippen molar-refractivity contribution in [2.45, 2.75) is 68.7 Å². The van der Waals surface area contributed by atoms with E-state index in [1.54, 1.807) is 11.8 Å². The van der Waals surface area contributed by atoms with Gasteiger partial charge in [0.25, 0.3) is 0 Å². The molecule has 1 aromatic heterocycles. The Bertz CT molecular complexity index is 693. The van der Waals surface area contributed by atoms with Crippen LogP contribution in [0.25, 0.3) is 0 Å². The van der Waals surface area contributed by atoms with Gasteiger partial charge < -0.3 is 0 Å². The zero-order valence-corrected chi connectivity index (χ0v) is 17.0. The molecule has 0 N–H and O–H groups in total. The number of hydrogen-bond acceptors (Lipinski definition) is 3. The molecule has 24 heavy (non-hydrogen) atoms. The second kappa shape index (κ2) is 9.10. The number of benzene rings is 1. The standard InChI is InChI=1S/C19H27N3SSi/c1-5-6-14-18-19(23-17-12-8-7-9-13-17)22(21-20-18)15-10-11-16-24(2,3)4/h7-9,12-13H,5-6,10,14-15H2,1-4H3. The SMILES string of the molecule is CCCCc1nnn(CCC#C[Si](C)(C)C)c1Sc1ccccc1. The van der Waals surface area contributed by atoms with Gasteiger partial charge in [0.1, 0.15) is 13.1 Å². The van der Waals surface area contributed by atoms with Gasteiger partial charge in [-0.3, -0.25) is 0 Å². The molecule has 5 heteroatoms. The lowest BCUT2D eigenvalue weighted by Gasteiger charge is -2.07. The summed E-state index contributed by atoms with van der Waals surface area (Å²) in [6, 6.07) is 10.5. The largest absolute Gasteiger partial charge is 0.237 e. The van der Waals surface area contributed by atoms with E-state index in [0.29, 0.717) is 0 Å². The molecule has 0 aliphatic carbocycles. The summed E-state index contributed by atoms with van der Waals surface area (Å²) in [6.45, 7) is 9.84. The average Bonchev–Trinajstić information content (AvgIpc) is 2.92. The minimum atomic E-state index is -1.29. The highest BCUT2D eigenvalue weighted by molar-refractivity contribution is 7.99. The highest BCUT2D eigenvalue weighted by atomic mass is 32.2. The zero-order valence-electron chi connectivity index (χ0n) is 15.2. The molecule has 0 amide bonds. The van der Waals surface area contributed by atoms with Crippen molar-refractivity contribution in [3.05, 3.63) is 36.0 Å². The molecule has 2 rings (SSSR count). The minimum Gasteiger partial charge on any atom is -0.237 e. The third-order valence-corrected chi connectivity index (χ3v) is 5.47. The molecular formula is C19H27N3SSi. The van der Waals surface area contributed by atoms with Crippen LogP contribution in [0.1, 0.15) is 31.9 Å². The van der Waals surface area contributed by atoms with Crippen molar-refractivity contribution >= 4 is 19.8 Å². The van der Waals surface area contributed by atoms with E-state index in [1.807, 2.05) is 10.7 Å². The van der Waals surface area contributed by atoms with Crippen molar-refractivity contribution in [2.75, 3.05) is 0 Å². The molecule has 128 valence electrons. The van der Waals surface area contributed by atoms with E-state index >= 15 is 0 Å². The first-order valence-corrected chi connectivity index (χ1v) is 13.0. The zero-order chi connectivity index (χ0) is 17.4. The fraction of sp³-hybridized carbons (Fsp3) is 0.474. The van der Waals surface area contributed by atoms with Gasteiger partial charge in [-0.2, -0.15) is 0 Å². The quantitative estimate of drug-likeness (QED) is 0.513. The first kappa shape index (κ1) is 18.8. The van der Waals surface area contributed by atoms with Crippen LogP contribution in [0.2, 0.25) is 19.6 Å². The fourth-order valence-electron chi connectivity index (χ4n) is 2.19. The molecule has 0 saturated heterocycles. The van der Waals surface area contributed by atoms with E-state index in [9.17, 15) is 0 Å². The normalized spacial score (nSPS) is 11.2. The number of hydrogen-bond donors (Lipinski definition) is 0. The third kappa shape index (κ3) is 6.18. The van der Waals surface area contributed by atoms with Crippen LogP contribution in [0.4, 0.5) is 0 Å². The van der Waals surface area contributed by atoms with Crippen LogP contribution in [0.5, 0.6) is 0 Å². The maximum atomic E-state index is 4.43. The number of nitrogens with zero attached hydrogens (tertiary/aromatic N) is 3. The Morgan fingerprint density at radius 1 is 1.17 bits per heavy atom. The van der Waals surface area contributed by atoms with Gasteiger partial charge in [0.2, 0.25) is 0 Å². The first-order chi connectivity index (χ1) is 11.5. The van der Waals surface area contributed by atoms with E-state index in [-0.39, 0.29) is 0 Å². The monoisotopic (exact) mass is 357 g/mol. The Hall–Kier alpha value is -1.51. The van der Waals surface area contributed by atoms with Gasteiger partial charge in [-0.05, 0) is 25.0 Å². The third-order valence-electron chi connectivity index (χ3n) is 3.39. The van der Waals surface area contributed by atoms with Gasteiger partial charge in [0.05, 0.1) is 12.2 Å². The van der Waals surface area contributed by atoms with Crippen LogP contribution < -0.4 is 0 Å². The molecule has 1 aromatic carbocycles. The Labute approximate surface area is 151 Å². The van der Waals surface area contributed by atoms with Crippen LogP contribution in [0.15, 0.2) is 40.3 Å². The number of unbranched alkanes of at least 4 members (excludes halogenated alkanes) is 1. The summed E-state index contributed by atoms with van der Waals surface area (Å²) in [5.74, 6) is 3.33. The van der Waals surface area contributed by atoms with Crippen molar-refractivity contribution in [3.8, 4) is 11.5 Å². The van der Waals surface area contributed by atoms with Gasteiger partial charge in [0, 0.05) is 11.3 Å². The Morgan fingerprint density at radius 2 is 1.92 bits per heavy atom. The molecule has 0 spiro atoms.